The van der Waals surface area contributed by atoms with Crippen LogP contribution in [0, 0.1) is 5.92 Å². The lowest BCUT2D eigenvalue weighted by Gasteiger charge is -2.08. The van der Waals surface area contributed by atoms with Gasteiger partial charge in [-0.1, -0.05) is 13.0 Å². The molecular formula is C13H16N2O2S2. The molecule has 0 saturated heterocycles. The molecule has 0 aliphatic heterocycles. The number of aromatic nitrogens is 1. The number of aliphatic hydroxyl groups is 1. The van der Waals surface area contributed by atoms with E-state index < -0.39 is 0 Å². The lowest BCUT2D eigenvalue weighted by atomic mass is 10.2. The van der Waals surface area contributed by atoms with Gasteiger partial charge in [0.05, 0.1) is 17.0 Å². The van der Waals surface area contributed by atoms with Crippen LogP contribution in [0.5, 0.6) is 0 Å². The number of carbonyl (C=O) groups excluding carboxylic acids is 1. The van der Waals surface area contributed by atoms with Gasteiger partial charge < -0.3 is 10.4 Å². The van der Waals surface area contributed by atoms with Gasteiger partial charge in [-0.05, 0) is 17.4 Å². The average molecular weight is 296 g/mol. The van der Waals surface area contributed by atoms with Gasteiger partial charge >= 0.3 is 0 Å². The maximum atomic E-state index is 11.7. The second kappa shape index (κ2) is 6.79. The highest BCUT2D eigenvalue weighted by Gasteiger charge is 2.10. The molecule has 2 aromatic rings. The molecule has 102 valence electrons. The van der Waals surface area contributed by atoms with E-state index in [9.17, 15) is 4.79 Å². The number of hydrogen-bond acceptors (Lipinski definition) is 5. The van der Waals surface area contributed by atoms with Gasteiger partial charge in [0.25, 0.3) is 0 Å². The highest BCUT2D eigenvalue weighted by Crippen LogP contribution is 2.27. The second-order valence-corrected chi connectivity index (χ2v) is 6.20. The van der Waals surface area contributed by atoms with Gasteiger partial charge in [0.1, 0.15) is 5.01 Å². The fourth-order valence-corrected chi connectivity index (χ4v) is 3.12. The molecule has 2 heterocycles. The number of carbonyl (C=O) groups is 1. The molecule has 0 saturated carbocycles. The molecule has 0 aliphatic rings. The SMILES string of the molecule is CC(CO)CNC(=O)Cc1csc(-c2cccs2)n1. The summed E-state index contributed by atoms with van der Waals surface area (Å²) in [7, 11) is 0. The molecule has 0 bridgehead atoms. The molecule has 0 fully saturated rings. The number of thiazole rings is 1. The minimum Gasteiger partial charge on any atom is -0.396 e. The molecule has 19 heavy (non-hydrogen) atoms. The standard InChI is InChI=1S/C13H16N2O2S2/c1-9(7-16)6-14-12(17)5-10-8-19-13(15-10)11-3-2-4-18-11/h2-4,8-9,16H,5-7H2,1H3,(H,14,17). The fourth-order valence-electron chi connectivity index (χ4n) is 1.48. The monoisotopic (exact) mass is 296 g/mol. The summed E-state index contributed by atoms with van der Waals surface area (Å²) in [6.07, 6.45) is 0.292. The Morgan fingerprint density at radius 3 is 3.05 bits per heavy atom. The van der Waals surface area contributed by atoms with Crippen LogP contribution in [-0.4, -0.2) is 29.1 Å². The van der Waals surface area contributed by atoms with E-state index in [2.05, 4.69) is 10.3 Å². The summed E-state index contributed by atoms with van der Waals surface area (Å²) in [5, 5.41) is 16.6. The van der Waals surface area contributed by atoms with Crippen LogP contribution >= 0.6 is 22.7 Å². The molecule has 0 aromatic carbocycles. The molecule has 2 aromatic heterocycles. The van der Waals surface area contributed by atoms with Gasteiger partial charge in [0, 0.05) is 18.5 Å². The number of thiophene rings is 1. The Morgan fingerprint density at radius 2 is 2.37 bits per heavy atom. The summed E-state index contributed by atoms with van der Waals surface area (Å²) in [5.74, 6) is 0.0318. The Hall–Kier alpha value is -1.24. The predicted molar refractivity (Wildman–Crippen MR) is 78.4 cm³/mol. The highest BCUT2D eigenvalue weighted by molar-refractivity contribution is 7.20. The summed E-state index contributed by atoms with van der Waals surface area (Å²) in [6, 6.07) is 4.01. The lowest BCUT2D eigenvalue weighted by molar-refractivity contribution is -0.120. The minimum atomic E-state index is -0.0525. The molecule has 0 radical (unpaired) electrons. The second-order valence-electron chi connectivity index (χ2n) is 4.39. The van der Waals surface area contributed by atoms with Crippen molar-refractivity contribution in [2.75, 3.05) is 13.2 Å². The van der Waals surface area contributed by atoms with E-state index in [0.717, 1.165) is 15.6 Å². The summed E-state index contributed by atoms with van der Waals surface area (Å²) < 4.78 is 0. The number of rotatable bonds is 6. The lowest BCUT2D eigenvalue weighted by Crippen LogP contribution is -2.30. The van der Waals surface area contributed by atoms with Crippen molar-refractivity contribution in [3.05, 3.63) is 28.6 Å². The smallest absolute Gasteiger partial charge is 0.226 e. The first-order valence-corrected chi connectivity index (χ1v) is 7.81. The van der Waals surface area contributed by atoms with E-state index in [1.54, 1.807) is 22.7 Å². The molecule has 6 heteroatoms. The third kappa shape index (κ3) is 4.12. The van der Waals surface area contributed by atoms with Crippen LogP contribution in [0.1, 0.15) is 12.6 Å². The van der Waals surface area contributed by atoms with Crippen molar-refractivity contribution in [2.24, 2.45) is 5.92 Å². The van der Waals surface area contributed by atoms with E-state index in [-0.39, 0.29) is 18.4 Å². The minimum absolute atomic E-state index is 0.0525. The van der Waals surface area contributed by atoms with Crippen LogP contribution < -0.4 is 5.32 Å². The molecular weight excluding hydrogens is 280 g/mol. The Balaban J connectivity index is 1.88. The summed E-state index contributed by atoms with van der Waals surface area (Å²) in [6.45, 7) is 2.47. The van der Waals surface area contributed by atoms with Crippen molar-refractivity contribution in [2.45, 2.75) is 13.3 Å². The summed E-state index contributed by atoms with van der Waals surface area (Å²) >= 11 is 3.20. The third-order valence-electron chi connectivity index (χ3n) is 2.58. The molecule has 2 rings (SSSR count). The van der Waals surface area contributed by atoms with Crippen LogP contribution in [0.15, 0.2) is 22.9 Å². The largest absolute Gasteiger partial charge is 0.396 e. The van der Waals surface area contributed by atoms with Gasteiger partial charge in [-0.2, -0.15) is 0 Å². The zero-order valence-corrected chi connectivity index (χ0v) is 12.3. The van der Waals surface area contributed by atoms with Crippen LogP contribution in [-0.2, 0) is 11.2 Å². The Bertz CT molecular complexity index is 522. The predicted octanol–water partition coefficient (Wildman–Crippen LogP) is 2.16. The van der Waals surface area contributed by atoms with E-state index >= 15 is 0 Å². The summed E-state index contributed by atoms with van der Waals surface area (Å²) in [5.41, 5.74) is 0.794. The number of hydrogen-bond donors (Lipinski definition) is 2. The van der Waals surface area contributed by atoms with Crippen molar-refractivity contribution in [1.82, 2.24) is 10.3 Å². The van der Waals surface area contributed by atoms with Crippen molar-refractivity contribution >= 4 is 28.6 Å². The first-order chi connectivity index (χ1) is 9.19. The van der Waals surface area contributed by atoms with Gasteiger partial charge in [0.2, 0.25) is 5.91 Å². The molecule has 4 nitrogen and oxygen atoms in total. The van der Waals surface area contributed by atoms with Gasteiger partial charge in [0.15, 0.2) is 0 Å². The molecule has 0 aliphatic carbocycles. The first kappa shape index (κ1) is 14.2. The first-order valence-electron chi connectivity index (χ1n) is 6.05. The molecule has 1 unspecified atom stereocenters. The van der Waals surface area contributed by atoms with Crippen molar-refractivity contribution in [3.63, 3.8) is 0 Å². The molecule has 1 amide bonds. The zero-order chi connectivity index (χ0) is 13.7. The number of amides is 1. The maximum Gasteiger partial charge on any atom is 0.226 e. The zero-order valence-electron chi connectivity index (χ0n) is 10.6. The third-order valence-corrected chi connectivity index (χ3v) is 4.51. The van der Waals surface area contributed by atoms with E-state index in [1.807, 2.05) is 29.8 Å². The highest BCUT2D eigenvalue weighted by atomic mass is 32.1. The van der Waals surface area contributed by atoms with E-state index in [1.165, 1.54) is 0 Å². The van der Waals surface area contributed by atoms with Crippen LogP contribution in [0.3, 0.4) is 0 Å². The quantitative estimate of drug-likeness (QED) is 0.858. The topological polar surface area (TPSA) is 62.2 Å². The Labute approximate surface area is 120 Å². The van der Waals surface area contributed by atoms with Gasteiger partial charge in [-0.15, -0.1) is 22.7 Å². The van der Waals surface area contributed by atoms with Crippen molar-refractivity contribution < 1.29 is 9.90 Å². The normalized spacial score (nSPS) is 12.3. The molecule has 0 spiro atoms. The van der Waals surface area contributed by atoms with Crippen LogP contribution in [0.4, 0.5) is 0 Å². The fraction of sp³-hybridized carbons (Fsp3) is 0.385. The number of nitrogens with zero attached hydrogens (tertiary/aromatic N) is 1. The number of aliphatic hydroxyl groups excluding tert-OH is 1. The van der Waals surface area contributed by atoms with E-state index in [0.29, 0.717) is 13.0 Å². The average Bonchev–Trinajstić information content (AvgIpc) is 3.06. The number of nitrogens with one attached hydrogen (secondary N) is 1. The maximum absolute atomic E-state index is 11.7. The van der Waals surface area contributed by atoms with E-state index in [4.69, 9.17) is 5.11 Å². The molecule has 2 N–H and O–H groups in total. The van der Waals surface area contributed by atoms with Gasteiger partial charge in [-0.3, -0.25) is 4.79 Å². The van der Waals surface area contributed by atoms with Crippen molar-refractivity contribution in [1.29, 1.82) is 0 Å². The van der Waals surface area contributed by atoms with Gasteiger partial charge in [-0.25, -0.2) is 4.98 Å². The Kier molecular flexibility index (Phi) is 5.07. The Morgan fingerprint density at radius 1 is 1.53 bits per heavy atom. The van der Waals surface area contributed by atoms with Crippen LogP contribution in [0.2, 0.25) is 0 Å². The van der Waals surface area contributed by atoms with Crippen LogP contribution in [0.25, 0.3) is 9.88 Å². The summed E-state index contributed by atoms with van der Waals surface area (Å²) in [4.78, 5) is 17.3. The molecule has 1 atom stereocenters. The van der Waals surface area contributed by atoms with Crippen molar-refractivity contribution in [3.8, 4) is 9.88 Å².